The van der Waals surface area contributed by atoms with Gasteiger partial charge in [-0.3, -0.25) is 4.79 Å². The summed E-state index contributed by atoms with van der Waals surface area (Å²) >= 11 is 0. The highest BCUT2D eigenvalue weighted by molar-refractivity contribution is 5.78. The number of aryl methyl sites for hydroxylation is 2. The summed E-state index contributed by atoms with van der Waals surface area (Å²) in [7, 11) is 0. The van der Waals surface area contributed by atoms with Gasteiger partial charge in [0.1, 0.15) is 5.75 Å². The number of amides is 1. The summed E-state index contributed by atoms with van der Waals surface area (Å²) in [5.41, 5.74) is 2.27. The number of carbonyl (C=O) groups excluding carboxylic acids is 1. The lowest BCUT2D eigenvalue weighted by atomic mass is 9.91. The normalized spacial score (nSPS) is 14.6. The van der Waals surface area contributed by atoms with Gasteiger partial charge in [-0.25, -0.2) is 0 Å². The van der Waals surface area contributed by atoms with E-state index in [1.165, 1.54) is 6.42 Å². The van der Waals surface area contributed by atoms with Crippen LogP contribution < -0.4 is 4.74 Å². The van der Waals surface area contributed by atoms with E-state index >= 15 is 0 Å². The Morgan fingerprint density at radius 2 is 1.95 bits per heavy atom. The van der Waals surface area contributed by atoms with Crippen molar-refractivity contribution in [1.29, 1.82) is 0 Å². The fourth-order valence-corrected chi connectivity index (χ4v) is 2.69. The fraction of sp³-hybridized carbons (Fsp3) is 0.588. The first kappa shape index (κ1) is 15.8. The number of aliphatic hydroxyl groups excluding tert-OH is 1. The van der Waals surface area contributed by atoms with Crippen LogP contribution in [0, 0.1) is 13.8 Å². The standard InChI is InChI=1S/C17H25NO3/c1-13-9-14(2)11-16(10-13)21-12-17(20)18(7-4-8-19)15-5-3-6-15/h9-11,15,19H,3-8,12H2,1-2H3. The molecule has 4 nitrogen and oxygen atoms in total. The molecular formula is C17H25NO3. The Balaban J connectivity index is 1.91. The van der Waals surface area contributed by atoms with Gasteiger partial charge in [0.25, 0.3) is 5.91 Å². The number of aliphatic hydroxyl groups is 1. The minimum absolute atomic E-state index is 0.0207. The van der Waals surface area contributed by atoms with Gasteiger partial charge in [0.05, 0.1) is 0 Å². The number of rotatable bonds is 7. The molecule has 1 saturated carbocycles. The summed E-state index contributed by atoms with van der Waals surface area (Å²) in [6.45, 7) is 4.85. The summed E-state index contributed by atoms with van der Waals surface area (Å²) in [6, 6.07) is 6.31. The molecule has 0 radical (unpaired) electrons. The van der Waals surface area contributed by atoms with Crippen LogP contribution in [0.15, 0.2) is 18.2 Å². The molecule has 0 atom stereocenters. The van der Waals surface area contributed by atoms with Crippen molar-refractivity contribution in [3.05, 3.63) is 29.3 Å². The average Bonchev–Trinajstić information content (AvgIpc) is 2.37. The number of hydrogen-bond acceptors (Lipinski definition) is 3. The zero-order valence-corrected chi connectivity index (χ0v) is 13.0. The first-order valence-corrected chi connectivity index (χ1v) is 7.71. The third kappa shape index (κ3) is 4.46. The van der Waals surface area contributed by atoms with Gasteiger partial charge in [0.2, 0.25) is 0 Å². The molecule has 0 aliphatic heterocycles. The highest BCUT2D eigenvalue weighted by Crippen LogP contribution is 2.25. The van der Waals surface area contributed by atoms with E-state index in [9.17, 15) is 4.79 Å². The molecule has 21 heavy (non-hydrogen) atoms. The topological polar surface area (TPSA) is 49.8 Å². The lowest BCUT2D eigenvalue weighted by molar-refractivity contribution is -0.137. The molecule has 0 aromatic heterocycles. The second-order valence-electron chi connectivity index (χ2n) is 5.86. The van der Waals surface area contributed by atoms with Gasteiger partial charge in [0.15, 0.2) is 6.61 Å². The van der Waals surface area contributed by atoms with Crippen LogP contribution in [0.5, 0.6) is 5.75 Å². The van der Waals surface area contributed by atoms with E-state index in [0.717, 1.165) is 29.7 Å². The van der Waals surface area contributed by atoms with Gasteiger partial charge >= 0.3 is 0 Å². The van der Waals surface area contributed by atoms with Crippen LogP contribution >= 0.6 is 0 Å². The molecule has 1 aliphatic carbocycles. The minimum atomic E-state index is 0.0207. The predicted octanol–water partition coefficient (Wildman–Crippen LogP) is 2.45. The van der Waals surface area contributed by atoms with E-state index in [2.05, 4.69) is 6.07 Å². The van der Waals surface area contributed by atoms with Gasteiger partial charge in [0, 0.05) is 19.2 Å². The molecule has 0 heterocycles. The molecule has 4 heteroatoms. The van der Waals surface area contributed by atoms with Crippen LogP contribution in [0.1, 0.15) is 36.8 Å². The van der Waals surface area contributed by atoms with E-state index in [1.54, 1.807) is 0 Å². The highest BCUT2D eigenvalue weighted by atomic mass is 16.5. The van der Waals surface area contributed by atoms with Gasteiger partial charge in [-0.1, -0.05) is 6.07 Å². The Bertz CT molecular complexity index is 463. The van der Waals surface area contributed by atoms with E-state index in [4.69, 9.17) is 9.84 Å². The van der Waals surface area contributed by atoms with Crippen molar-refractivity contribution < 1.29 is 14.6 Å². The molecule has 1 aromatic carbocycles. The predicted molar refractivity (Wildman–Crippen MR) is 82.5 cm³/mol. The van der Waals surface area contributed by atoms with E-state index < -0.39 is 0 Å². The molecule has 1 amide bonds. The zero-order valence-electron chi connectivity index (χ0n) is 13.0. The van der Waals surface area contributed by atoms with Crippen molar-refractivity contribution in [3.63, 3.8) is 0 Å². The third-order valence-corrected chi connectivity index (χ3v) is 3.95. The minimum Gasteiger partial charge on any atom is -0.484 e. The molecule has 0 saturated heterocycles. The van der Waals surface area contributed by atoms with Crippen molar-refractivity contribution in [2.75, 3.05) is 19.8 Å². The molecular weight excluding hydrogens is 266 g/mol. The second-order valence-corrected chi connectivity index (χ2v) is 5.86. The van der Waals surface area contributed by atoms with Gasteiger partial charge < -0.3 is 14.7 Å². The molecule has 0 spiro atoms. The monoisotopic (exact) mass is 291 g/mol. The van der Waals surface area contributed by atoms with Crippen molar-refractivity contribution in [2.24, 2.45) is 0 Å². The number of benzene rings is 1. The maximum Gasteiger partial charge on any atom is 0.260 e. The zero-order chi connectivity index (χ0) is 15.2. The Kier molecular flexibility index (Phi) is 5.62. The third-order valence-electron chi connectivity index (χ3n) is 3.95. The number of ether oxygens (including phenoxy) is 1. The largest absolute Gasteiger partial charge is 0.484 e. The van der Waals surface area contributed by atoms with Crippen LogP contribution in [0.3, 0.4) is 0 Å². The average molecular weight is 291 g/mol. The van der Waals surface area contributed by atoms with Crippen LogP contribution in [0.4, 0.5) is 0 Å². The van der Waals surface area contributed by atoms with E-state index in [1.807, 2.05) is 30.9 Å². The van der Waals surface area contributed by atoms with Crippen LogP contribution in [-0.2, 0) is 4.79 Å². The highest BCUT2D eigenvalue weighted by Gasteiger charge is 2.28. The van der Waals surface area contributed by atoms with Crippen LogP contribution in [0.25, 0.3) is 0 Å². The summed E-state index contributed by atoms with van der Waals surface area (Å²) in [4.78, 5) is 14.2. The molecule has 1 aromatic rings. The molecule has 1 fully saturated rings. The summed E-state index contributed by atoms with van der Waals surface area (Å²) in [5, 5.41) is 8.97. The smallest absolute Gasteiger partial charge is 0.260 e. The Morgan fingerprint density at radius 1 is 1.29 bits per heavy atom. The Morgan fingerprint density at radius 3 is 2.48 bits per heavy atom. The Labute approximate surface area is 126 Å². The van der Waals surface area contributed by atoms with Crippen LogP contribution in [0.2, 0.25) is 0 Å². The van der Waals surface area contributed by atoms with Crippen molar-refractivity contribution in [2.45, 2.75) is 45.6 Å². The molecule has 0 bridgehead atoms. The number of hydrogen-bond donors (Lipinski definition) is 1. The first-order chi connectivity index (χ1) is 10.1. The van der Waals surface area contributed by atoms with Gasteiger partial charge in [-0.05, 0) is 62.8 Å². The van der Waals surface area contributed by atoms with Crippen molar-refractivity contribution in [1.82, 2.24) is 4.90 Å². The lowest BCUT2D eigenvalue weighted by Gasteiger charge is -2.37. The maximum atomic E-state index is 12.3. The lowest BCUT2D eigenvalue weighted by Crippen LogP contribution is -2.46. The summed E-state index contributed by atoms with van der Waals surface area (Å²) < 4.78 is 5.66. The molecule has 1 N–H and O–H groups in total. The fourth-order valence-electron chi connectivity index (χ4n) is 2.69. The first-order valence-electron chi connectivity index (χ1n) is 7.71. The Hall–Kier alpha value is -1.55. The molecule has 2 rings (SSSR count). The van der Waals surface area contributed by atoms with Crippen LogP contribution in [-0.4, -0.2) is 41.7 Å². The quantitative estimate of drug-likeness (QED) is 0.839. The molecule has 116 valence electrons. The maximum absolute atomic E-state index is 12.3. The SMILES string of the molecule is Cc1cc(C)cc(OCC(=O)N(CCCO)C2CCC2)c1. The number of nitrogens with zero attached hydrogens (tertiary/aromatic N) is 1. The molecule has 1 aliphatic rings. The van der Waals surface area contributed by atoms with Gasteiger partial charge in [-0.15, -0.1) is 0 Å². The van der Waals surface area contributed by atoms with Crippen molar-refractivity contribution >= 4 is 5.91 Å². The number of carbonyl (C=O) groups is 1. The summed E-state index contributed by atoms with van der Waals surface area (Å²) in [6.07, 6.45) is 3.96. The van der Waals surface area contributed by atoms with Crippen molar-refractivity contribution in [3.8, 4) is 5.75 Å². The summed E-state index contributed by atoms with van der Waals surface area (Å²) in [5.74, 6) is 0.767. The second kappa shape index (κ2) is 7.46. The van der Waals surface area contributed by atoms with Gasteiger partial charge in [-0.2, -0.15) is 0 Å². The van der Waals surface area contributed by atoms with E-state index in [-0.39, 0.29) is 19.1 Å². The molecule has 0 unspecified atom stereocenters. The van der Waals surface area contributed by atoms with E-state index in [0.29, 0.717) is 19.0 Å².